The Morgan fingerprint density at radius 3 is 2.64 bits per heavy atom. The van der Waals surface area contributed by atoms with Gasteiger partial charge in [-0.2, -0.15) is 0 Å². The zero-order chi connectivity index (χ0) is 15.7. The lowest BCUT2D eigenvalue weighted by Gasteiger charge is -2.16. The molecule has 1 heterocycles. The second kappa shape index (κ2) is 5.50. The number of hydrazine groups is 1. The molecule has 6 nitrogen and oxygen atoms in total. The van der Waals surface area contributed by atoms with Gasteiger partial charge < -0.3 is 4.90 Å². The first-order chi connectivity index (χ1) is 10.6. The number of nitrogens with two attached hydrogens (primary N) is 1. The molecule has 0 unspecified atom stereocenters. The van der Waals surface area contributed by atoms with Crippen LogP contribution in [0.1, 0.15) is 0 Å². The molecule has 0 aliphatic carbocycles. The molecule has 2 aromatic carbocycles. The lowest BCUT2D eigenvalue weighted by molar-refractivity contribution is 0.953. The summed E-state index contributed by atoms with van der Waals surface area (Å²) in [6.07, 6.45) is 0. The number of fused-ring (bicyclic) bond motifs is 1. The number of nitrogens with zero attached hydrogens (tertiary/aromatic N) is 3. The van der Waals surface area contributed by atoms with Gasteiger partial charge in [-0.05, 0) is 30.3 Å². The quantitative estimate of drug-likeness (QED) is 0.568. The van der Waals surface area contributed by atoms with Gasteiger partial charge in [0.2, 0.25) is 5.95 Å². The van der Waals surface area contributed by atoms with Gasteiger partial charge in [-0.15, -0.1) is 0 Å². The van der Waals surface area contributed by atoms with Gasteiger partial charge in [0.15, 0.2) is 0 Å². The van der Waals surface area contributed by atoms with Crippen LogP contribution in [0.4, 0.5) is 11.6 Å². The van der Waals surface area contributed by atoms with E-state index in [2.05, 4.69) is 10.4 Å². The molecule has 0 saturated carbocycles. The first kappa shape index (κ1) is 14.1. The molecule has 6 heteroatoms. The zero-order valence-electron chi connectivity index (χ0n) is 12.4. The molecule has 0 spiro atoms. The minimum Gasteiger partial charge on any atom is -0.378 e. The highest BCUT2D eigenvalue weighted by Gasteiger charge is 2.12. The molecule has 0 aliphatic heterocycles. The van der Waals surface area contributed by atoms with Crippen LogP contribution in [0.25, 0.3) is 16.6 Å². The van der Waals surface area contributed by atoms with Gasteiger partial charge in [0.05, 0.1) is 16.6 Å². The summed E-state index contributed by atoms with van der Waals surface area (Å²) in [5.74, 6) is 5.87. The first-order valence-corrected chi connectivity index (χ1v) is 6.88. The van der Waals surface area contributed by atoms with Gasteiger partial charge in [0.25, 0.3) is 5.56 Å². The average Bonchev–Trinajstić information content (AvgIpc) is 2.54. The number of anilines is 2. The minimum atomic E-state index is -0.158. The summed E-state index contributed by atoms with van der Waals surface area (Å²) in [7, 11) is 3.89. The maximum absolute atomic E-state index is 12.8. The van der Waals surface area contributed by atoms with E-state index >= 15 is 0 Å². The number of hydrogen-bond acceptors (Lipinski definition) is 5. The topological polar surface area (TPSA) is 76.2 Å². The maximum atomic E-state index is 12.8. The molecule has 0 bridgehead atoms. The Balaban J connectivity index is 2.32. The van der Waals surface area contributed by atoms with Gasteiger partial charge in [0.1, 0.15) is 0 Å². The van der Waals surface area contributed by atoms with Crippen molar-refractivity contribution >= 4 is 22.5 Å². The van der Waals surface area contributed by atoms with Crippen LogP contribution in [0.15, 0.2) is 53.3 Å². The van der Waals surface area contributed by atoms with Gasteiger partial charge in [0, 0.05) is 19.8 Å². The summed E-state index contributed by atoms with van der Waals surface area (Å²) in [6.45, 7) is 0. The Morgan fingerprint density at radius 2 is 1.91 bits per heavy atom. The third-order valence-electron chi connectivity index (χ3n) is 3.51. The molecule has 3 aromatic rings. The number of nitrogens with one attached hydrogen (secondary N) is 1. The second-order valence-corrected chi connectivity index (χ2v) is 5.15. The fourth-order valence-electron chi connectivity index (χ4n) is 2.38. The Morgan fingerprint density at radius 1 is 1.14 bits per heavy atom. The Labute approximate surface area is 127 Å². The number of nitrogen functional groups attached to an aromatic ring is 1. The van der Waals surface area contributed by atoms with Crippen molar-refractivity contribution in [3.63, 3.8) is 0 Å². The van der Waals surface area contributed by atoms with E-state index in [9.17, 15) is 4.79 Å². The van der Waals surface area contributed by atoms with Gasteiger partial charge in [-0.3, -0.25) is 10.2 Å². The Hall–Kier alpha value is -2.86. The third kappa shape index (κ3) is 2.29. The standard InChI is InChI=1S/C16H17N5O/c1-20(2)11-6-5-7-12(10-11)21-15(22)13-8-3-4-9-14(13)18-16(21)19-17/h3-10H,17H2,1-2H3,(H,18,19). The van der Waals surface area contributed by atoms with E-state index in [0.717, 1.165) is 5.69 Å². The fraction of sp³-hybridized carbons (Fsp3) is 0.125. The second-order valence-electron chi connectivity index (χ2n) is 5.15. The summed E-state index contributed by atoms with van der Waals surface area (Å²) in [6, 6.07) is 14.8. The highest BCUT2D eigenvalue weighted by atomic mass is 16.1. The molecule has 3 rings (SSSR count). The summed E-state index contributed by atoms with van der Waals surface area (Å²) in [5.41, 5.74) is 4.66. The molecule has 0 fully saturated rings. The van der Waals surface area contributed by atoms with Crippen LogP contribution < -0.4 is 21.7 Å². The number of aromatic nitrogens is 2. The summed E-state index contributed by atoms with van der Waals surface area (Å²) < 4.78 is 1.48. The van der Waals surface area contributed by atoms with Crippen LogP contribution in [-0.2, 0) is 0 Å². The number of hydrogen-bond donors (Lipinski definition) is 2. The molecule has 0 aliphatic rings. The molecule has 0 amide bonds. The summed E-state index contributed by atoms with van der Waals surface area (Å²) >= 11 is 0. The van der Waals surface area contributed by atoms with Crippen LogP contribution in [0.2, 0.25) is 0 Å². The van der Waals surface area contributed by atoms with Crippen LogP contribution in [0.5, 0.6) is 0 Å². The summed E-state index contributed by atoms with van der Waals surface area (Å²) in [4.78, 5) is 19.2. The molecule has 22 heavy (non-hydrogen) atoms. The van der Waals surface area contributed by atoms with Crippen molar-refractivity contribution in [2.75, 3.05) is 24.4 Å². The minimum absolute atomic E-state index is 0.158. The molecular weight excluding hydrogens is 278 g/mol. The molecule has 0 saturated heterocycles. The van der Waals surface area contributed by atoms with Crippen LogP contribution in [-0.4, -0.2) is 23.6 Å². The number of rotatable bonds is 3. The predicted octanol–water partition coefficient (Wildman–Crippen LogP) is 1.74. The van der Waals surface area contributed by atoms with Gasteiger partial charge >= 0.3 is 0 Å². The van der Waals surface area contributed by atoms with Crippen molar-refractivity contribution in [2.24, 2.45) is 5.84 Å². The normalized spacial score (nSPS) is 10.7. The van der Waals surface area contributed by atoms with Gasteiger partial charge in [-0.25, -0.2) is 15.4 Å². The molecule has 1 aromatic heterocycles. The van der Waals surface area contributed by atoms with Crippen molar-refractivity contribution < 1.29 is 0 Å². The average molecular weight is 295 g/mol. The van der Waals surface area contributed by atoms with Crippen LogP contribution in [0, 0.1) is 0 Å². The molecule has 0 radical (unpaired) electrons. The van der Waals surface area contributed by atoms with E-state index in [1.807, 2.05) is 55.4 Å². The largest absolute Gasteiger partial charge is 0.378 e. The maximum Gasteiger partial charge on any atom is 0.267 e. The number of para-hydroxylation sites is 1. The van der Waals surface area contributed by atoms with Gasteiger partial charge in [-0.1, -0.05) is 18.2 Å². The highest BCUT2D eigenvalue weighted by molar-refractivity contribution is 5.79. The lowest BCUT2D eigenvalue weighted by atomic mass is 10.2. The van der Waals surface area contributed by atoms with E-state index in [4.69, 9.17) is 5.84 Å². The Bertz CT molecular complexity index is 885. The zero-order valence-corrected chi connectivity index (χ0v) is 12.4. The van der Waals surface area contributed by atoms with E-state index in [-0.39, 0.29) is 5.56 Å². The van der Waals surface area contributed by atoms with Crippen molar-refractivity contribution in [1.82, 2.24) is 9.55 Å². The van der Waals surface area contributed by atoms with Crippen molar-refractivity contribution in [3.8, 4) is 5.69 Å². The van der Waals surface area contributed by atoms with E-state index in [0.29, 0.717) is 22.5 Å². The SMILES string of the molecule is CN(C)c1cccc(-n2c(NN)nc3ccccc3c2=O)c1. The van der Waals surface area contributed by atoms with Crippen molar-refractivity contribution in [1.29, 1.82) is 0 Å². The van der Waals surface area contributed by atoms with Crippen molar-refractivity contribution in [3.05, 3.63) is 58.9 Å². The highest BCUT2D eigenvalue weighted by Crippen LogP contribution is 2.19. The van der Waals surface area contributed by atoms with Crippen LogP contribution >= 0.6 is 0 Å². The lowest BCUT2D eigenvalue weighted by Crippen LogP contribution is -2.26. The summed E-state index contributed by atoms with van der Waals surface area (Å²) in [5, 5.41) is 0.553. The third-order valence-corrected chi connectivity index (χ3v) is 3.51. The fourth-order valence-corrected chi connectivity index (χ4v) is 2.38. The van der Waals surface area contributed by atoms with E-state index < -0.39 is 0 Å². The molecule has 112 valence electrons. The van der Waals surface area contributed by atoms with E-state index in [1.54, 1.807) is 12.1 Å². The number of benzene rings is 2. The molecular formula is C16H17N5O. The monoisotopic (exact) mass is 295 g/mol. The Kier molecular flexibility index (Phi) is 3.52. The van der Waals surface area contributed by atoms with E-state index in [1.165, 1.54) is 4.57 Å². The predicted molar refractivity (Wildman–Crippen MR) is 89.5 cm³/mol. The molecule has 0 atom stereocenters. The van der Waals surface area contributed by atoms with Crippen molar-refractivity contribution in [2.45, 2.75) is 0 Å². The first-order valence-electron chi connectivity index (χ1n) is 6.88. The molecule has 3 N–H and O–H groups in total. The smallest absolute Gasteiger partial charge is 0.267 e. The van der Waals surface area contributed by atoms with Crippen LogP contribution in [0.3, 0.4) is 0 Å².